The number of hydrogen-bond donors (Lipinski definition) is 0. The Morgan fingerprint density at radius 3 is 1.83 bits per heavy atom. The van der Waals surface area contributed by atoms with Gasteiger partial charge in [-0.05, 0) is 125 Å². The fraction of sp³-hybridized carbons (Fsp3) is 0.0526. The molecule has 10 aromatic carbocycles. The van der Waals surface area contributed by atoms with Crippen molar-refractivity contribution in [2.24, 2.45) is 0 Å². The number of nitrogens with zero attached hydrogens (tertiary/aromatic N) is 1. The van der Waals surface area contributed by atoms with Gasteiger partial charge < -0.3 is 4.90 Å². The lowest BCUT2D eigenvalue weighted by Crippen LogP contribution is -2.17. The zero-order chi connectivity index (χ0) is 38.8. The summed E-state index contributed by atoms with van der Waals surface area (Å²) in [5.41, 5.74) is 15.8. The van der Waals surface area contributed by atoms with Gasteiger partial charge in [0.1, 0.15) is 0 Å². The lowest BCUT2D eigenvalue weighted by Gasteiger charge is -2.31. The Hall–Kier alpha value is -7.22. The van der Waals surface area contributed by atoms with E-state index < -0.39 is 0 Å². The molecular formula is C57H41N. The van der Waals surface area contributed by atoms with Crippen molar-refractivity contribution in [1.82, 2.24) is 0 Å². The Balaban J connectivity index is 1.24. The molecule has 0 radical (unpaired) electrons. The van der Waals surface area contributed by atoms with E-state index in [1.165, 1.54) is 88.0 Å². The van der Waals surface area contributed by atoms with E-state index in [2.05, 4.69) is 231 Å². The third-order valence-corrected chi connectivity index (χ3v) is 12.4. The topological polar surface area (TPSA) is 3.24 Å². The lowest BCUT2D eigenvalue weighted by molar-refractivity contribution is 0.660. The molecule has 58 heavy (non-hydrogen) atoms. The second-order valence-corrected chi connectivity index (χ2v) is 16.1. The minimum absolute atomic E-state index is 0.149. The molecule has 1 heteroatoms. The number of rotatable bonds is 6. The highest BCUT2D eigenvalue weighted by Crippen LogP contribution is 2.53. The van der Waals surface area contributed by atoms with Crippen LogP contribution >= 0.6 is 0 Å². The maximum absolute atomic E-state index is 2.51. The van der Waals surface area contributed by atoms with Crippen LogP contribution in [0.1, 0.15) is 25.0 Å². The first kappa shape index (κ1) is 34.1. The van der Waals surface area contributed by atoms with Crippen molar-refractivity contribution >= 4 is 49.4 Å². The van der Waals surface area contributed by atoms with Gasteiger partial charge in [0.15, 0.2) is 0 Å². The molecule has 0 unspecified atom stereocenters. The molecule has 0 saturated heterocycles. The van der Waals surface area contributed by atoms with Crippen LogP contribution in [0.3, 0.4) is 0 Å². The van der Waals surface area contributed by atoms with Gasteiger partial charge in [-0.25, -0.2) is 0 Å². The summed E-state index contributed by atoms with van der Waals surface area (Å²) < 4.78 is 0. The normalized spacial score (nSPS) is 12.8. The average Bonchev–Trinajstić information content (AvgIpc) is 3.51. The van der Waals surface area contributed by atoms with E-state index in [0.29, 0.717) is 0 Å². The molecule has 10 aromatic rings. The van der Waals surface area contributed by atoms with Gasteiger partial charge in [-0.2, -0.15) is 0 Å². The first-order valence-corrected chi connectivity index (χ1v) is 20.3. The Morgan fingerprint density at radius 2 is 0.966 bits per heavy atom. The smallest absolute Gasteiger partial charge is 0.0546 e. The Bertz CT molecular complexity index is 3210. The van der Waals surface area contributed by atoms with Crippen LogP contribution in [0.4, 0.5) is 17.1 Å². The van der Waals surface area contributed by atoms with Crippen LogP contribution in [0.25, 0.3) is 76.8 Å². The third-order valence-electron chi connectivity index (χ3n) is 12.4. The van der Waals surface area contributed by atoms with Crippen LogP contribution in [0, 0.1) is 0 Å². The van der Waals surface area contributed by atoms with Crippen LogP contribution in [-0.4, -0.2) is 0 Å². The zero-order valence-corrected chi connectivity index (χ0v) is 32.7. The quantitative estimate of drug-likeness (QED) is 0.154. The molecule has 0 saturated carbocycles. The molecule has 0 aromatic heterocycles. The van der Waals surface area contributed by atoms with Gasteiger partial charge in [0.2, 0.25) is 0 Å². The molecule has 0 fully saturated rings. The van der Waals surface area contributed by atoms with Gasteiger partial charge in [-0.1, -0.05) is 184 Å². The minimum Gasteiger partial charge on any atom is -0.310 e. The number of fused-ring (bicyclic) bond motifs is 7. The van der Waals surface area contributed by atoms with Crippen molar-refractivity contribution in [2.75, 3.05) is 4.90 Å². The van der Waals surface area contributed by atoms with Crippen molar-refractivity contribution in [2.45, 2.75) is 19.3 Å². The van der Waals surface area contributed by atoms with E-state index in [9.17, 15) is 0 Å². The highest BCUT2D eigenvalue weighted by Gasteiger charge is 2.36. The van der Waals surface area contributed by atoms with Crippen LogP contribution in [0.15, 0.2) is 212 Å². The summed E-state index contributed by atoms with van der Waals surface area (Å²) in [7, 11) is 0. The maximum atomic E-state index is 2.51. The molecule has 0 atom stereocenters. The summed E-state index contributed by atoms with van der Waals surface area (Å²) in [6.45, 7) is 4.74. The van der Waals surface area contributed by atoms with Gasteiger partial charge in [0, 0.05) is 22.4 Å². The molecule has 0 N–H and O–H groups in total. The summed E-state index contributed by atoms with van der Waals surface area (Å²) in [6.07, 6.45) is 0. The SMILES string of the molecule is CC1(C)c2ccccc2-c2ccc(N(c3cccc(-c4ccccc4)c3)c3cccc(-c4ccc5ccccc5c4)c3-c3cc4ccccc4c4ccccc34)cc21. The fourth-order valence-electron chi connectivity index (χ4n) is 9.58. The summed E-state index contributed by atoms with van der Waals surface area (Å²) in [4.78, 5) is 2.51. The Morgan fingerprint density at radius 1 is 0.328 bits per heavy atom. The monoisotopic (exact) mass is 739 g/mol. The summed E-state index contributed by atoms with van der Waals surface area (Å²) in [6, 6.07) is 78.5. The van der Waals surface area contributed by atoms with Gasteiger partial charge in [-0.3, -0.25) is 0 Å². The molecule has 1 nitrogen and oxygen atoms in total. The van der Waals surface area contributed by atoms with E-state index in [0.717, 1.165) is 17.1 Å². The first-order valence-electron chi connectivity index (χ1n) is 20.3. The van der Waals surface area contributed by atoms with Crippen LogP contribution in [0.2, 0.25) is 0 Å². The van der Waals surface area contributed by atoms with Crippen LogP contribution in [0.5, 0.6) is 0 Å². The highest BCUT2D eigenvalue weighted by molar-refractivity contribution is 6.17. The van der Waals surface area contributed by atoms with Gasteiger partial charge in [-0.15, -0.1) is 0 Å². The molecular weight excluding hydrogens is 699 g/mol. The molecule has 0 aliphatic heterocycles. The summed E-state index contributed by atoms with van der Waals surface area (Å²) >= 11 is 0. The predicted octanol–water partition coefficient (Wildman–Crippen LogP) is 15.9. The average molecular weight is 740 g/mol. The molecule has 1 aliphatic rings. The zero-order valence-electron chi connectivity index (χ0n) is 32.7. The van der Waals surface area contributed by atoms with E-state index in [1.807, 2.05) is 0 Å². The van der Waals surface area contributed by atoms with Crippen molar-refractivity contribution < 1.29 is 0 Å². The van der Waals surface area contributed by atoms with Crippen molar-refractivity contribution in [3.63, 3.8) is 0 Å². The fourth-order valence-corrected chi connectivity index (χ4v) is 9.58. The second-order valence-electron chi connectivity index (χ2n) is 16.1. The summed E-state index contributed by atoms with van der Waals surface area (Å²) in [5, 5.41) is 7.45. The number of hydrogen-bond acceptors (Lipinski definition) is 1. The molecule has 0 heterocycles. The summed E-state index contributed by atoms with van der Waals surface area (Å²) in [5.74, 6) is 0. The van der Waals surface area contributed by atoms with Crippen molar-refractivity contribution in [1.29, 1.82) is 0 Å². The van der Waals surface area contributed by atoms with E-state index in [1.54, 1.807) is 0 Å². The number of benzene rings is 10. The minimum atomic E-state index is -0.149. The van der Waals surface area contributed by atoms with E-state index in [4.69, 9.17) is 0 Å². The van der Waals surface area contributed by atoms with E-state index in [-0.39, 0.29) is 5.41 Å². The van der Waals surface area contributed by atoms with Gasteiger partial charge in [0.25, 0.3) is 0 Å². The predicted molar refractivity (Wildman–Crippen MR) is 248 cm³/mol. The first-order chi connectivity index (χ1) is 28.5. The van der Waals surface area contributed by atoms with Crippen LogP contribution in [-0.2, 0) is 5.41 Å². The Kier molecular flexibility index (Phi) is 7.91. The number of anilines is 3. The second kappa shape index (κ2) is 13.5. The van der Waals surface area contributed by atoms with Crippen molar-refractivity contribution in [3.05, 3.63) is 223 Å². The Labute approximate surface area is 340 Å². The molecule has 0 bridgehead atoms. The molecule has 1 aliphatic carbocycles. The standard InChI is InChI=1S/C57H41N/c1-57(2)53-28-13-12-26-50(53)51-33-32-45(37-54(51)57)58(44-22-14-21-41(35-44)38-16-4-3-5-17-38)55-29-15-27-47(43-31-30-39-18-6-7-19-40(39)34-43)56(55)52-36-42-20-8-9-23-46(42)48-24-10-11-25-49(48)52/h3-37H,1-2H3. The van der Waals surface area contributed by atoms with Crippen LogP contribution < -0.4 is 4.90 Å². The van der Waals surface area contributed by atoms with Gasteiger partial charge in [0.05, 0.1) is 5.69 Å². The van der Waals surface area contributed by atoms with E-state index >= 15 is 0 Å². The third kappa shape index (κ3) is 5.46. The largest absolute Gasteiger partial charge is 0.310 e. The molecule has 11 rings (SSSR count). The maximum Gasteiger partial charge on any atom is 0.0546 e. The lowest BCUT2D eigenvalue weighted by atomic mass is 9.82. The highest BCUT2D eigenvalue weighted by atomic mass is 15.1. The molecule has 0 spiro atoms. The molecule has 274 valence electrons. The molecule has 0 amide bonds. The van der Waals surface area contributed by atoms with Crippen molar-refractivity contribution in [3.8, 4) is 44.5 Å². The van der Waals surface area contributed by atoms with Gasteiger partial charge >= 0.3 is 0 Å².